The molecule has 0 aliphatic heterocycles. The number of rotatable bonds is 1. The van der Waals surface area contributed by atoms with Crippen molar-refractivity contribution in [1.29, 1.82) is 0 Å². The molecule has 4 aliphatic rings. The quantitative estimate of drug-likeness (QED) is 0.685. The van der Waals surface area contributed by atoms with E-state index >= 15 is 0 Å². The average molecular weight is 345 g/mol. The van der Waals surface area contributed by atoms with Crippen LogP contribution in [-0.2, 0) is 4.79 Å². The molecular weight excluding hydrogens is 308 g/mol. The van der Waals surface area contributed by atoms with E-state index < -0.39 is 0 Å². The molecule has 25 heavy (non-hydrogen) atoms. The second-order valence-corrected chi connectivity index (χ2v) is 9.06. The molecule has 0 amide bonds. The number of carbonyl (C=O) groups is 1. The fraction of sp³-hybridized carbons (Fsp3) is 0.783. The number of fused-ring (bicyclic) bond motifs is 5. The van der Waals surface area contributed by atoms with E-state index in [1.54, 1.807) is 12.5 Å². The Morgan fingerprint density at radius 2 is 1.76 bits per heavy atom. The second-order valence-electron chi connectivity index (χ2n) is 9.06. The highest BCUT2D eigenvalue weighted by Crippen LogP contribution is 2.64. The van der Waals surface area contributed by atoms with Gasteiger partial charge in [0.2, 0.25) is 0 Å². The molecule has 4 aliphatic carbocycles. The van der Waals surface area contributed by atoms with Gasteiger partial charge in [0.15, 0.2) is 0 Å². The van der Waals surface area contributed by atoms with Crippen LogP contribution in [-0.4, -0.2) is 17.0 Å². The van der Waals surface area contributed by atoms with Crippen LogP contribution in [0.2, 0.25) is 0 Å². The molecule has 3 saturated carbocycles. The zero-order valence-electron chi connectivity index (χ0n) is 16.8. The minimum atomic E-state index is -0.147. The van der Waals surface area contributed by atoms with Crippen molar-refractivity contribution in [2.24, 2.45) is 28.6 Å². The van der Waals surface area contributed by atoms with E-state index in [1.165, 1.54) is 24.8 Å². The first-order valence-electron chi connectivity index (χ1n) is 10.5. The number of hydrogen-bond donors (Lipinski definition) is 1. The first kappa shape index (κ1) is 18.9. The Hall–Kier alpha value is -0.890. The van der Waals surface area contributed by atoms with Crippen molar-refractivity contribution >= 4 is 5.78 Å². The Labute approximate surface area is 153 Å². The number of ketones is 1. The summed E-state index contributed by atoms with van der Waals surface area (Å²) in [4.78, 5) is 12.1. The second kappa shape index (κ2) is 6.68. The van der Waals surface area contributed by atoms with Gasteiger partial charge in [0.05, 0.1) is 6.10 Å². The Kier molecular flexibility index (Phi) is 5.05. The summed E-state index contributed by atoms with van der Waals surface area (Å²) in [5, 5.41) is 10.0. The van der Waals surface area contributed by atoms with Crippen molar-refractivity contribution in [3.05, 3.63) is 23.3 Å². The molecule has 1 N–H and O–H groups in total. The van der Waals surface area contributed by atoms with Gasteiger partial charge in [0, 0.05) is 5.92 Å². The van der Waals surface area contributed by atoms with Crippen LogP contribution in [0.4, 0.5) is 0 Å². The number of aliphatic hydroxyl groups is 1. The Bertz CT molecular complexity index is 601. The van der Waals surface area contributed by atoms with Crippen molar-refractivity contribution in [1.82, 2.24) is 0 Å². The van der Waals surface area contributed by atoms with Crippen LogP contribution in [0.3, 0.4) is 0 Å². The molecule has 140 valence electrons. The number of aliphatic hydroxyl groups excluding tert-OH is 1. The summed E-state index contributed by atoms with van der Waals surface area (Å²) in [5.74, 6) is 1.89. The predicted molar refractivity (Wildman–Crippen MR) is 103 cm³/mol. The Balaban J connectivity index is 0.000000880. The molecule has 0 spiro atoms. The molecule has 0 aromatic heterocycles. The van der Waals surface area contributed by atoms with E-state index in [-0.39, 0.29) is 22.9 Å². The predicted octanol–water partition coefficient (Wildman–Crippen LogP) is 5.46. The molecule has 6 unspecified atom stereocenters. The molecule has 4 rings (SSSR count). The monoisotopic (exact) mass is 344 g/mol. The van der Waals surface area contributed by atoms with Gasteiger partial charge < -0.3 is 5.11 Å². The van der Waals surface area contributed by atoms with E-state index in [2.05, 4.69) is 26.0 Å². The lowest BCUT2D eigenvalue weighted by atomic mass is 9.50. The average Bonchev–Trinajstić information content (AvgIpc) is 2.95. The summed E-state index contributed by atoms with van der Waals surface area (Å²) in [6, 6.07) is 0. The molecule has 0 radical (unpaired) electrons. The van der Waals surface area contributed by atoms with Crippen LogP contribution in [0.25, 0.3) is 0 Å². The third-order valence-electron chi connectivity index (χ3n) is 8.04. The van der Waals surface area contributed by atoms with Gasteiger partial charge in [-0.2, -0.15) is 0 Å². The van der Waals surface area contributed by atoms with Gasteiger partial charge in [0.1, 0.15) is 5.78 Å². The Morgan fingerprint density at radius 3 is 2.44 bits per heavy atom. The van der Waals surface area contributed by atoms with Crippen LogP contribution >= 0.6 is 0 Å². The fourth-order valence-electron chi connectivity index (χ4n) is 6.65. The number of Topliss-reactive ketones (excluding diaryl/α,β-unsaturated/α-hetero) is 1. The summed E-state index contributed by atoms with van der Waals surface area (Å²) in [6.45, 7) is 10.6. The van der Waals surface area contributed by atoms with E-state index in [1.807, 2.05) is 13.8 Å². The van der Waals surface area contributed by atoms with Gasteiger partial charge in [-0.05, 0) is 74.5 Å². The third-order valence-corrected chi connectivity index (χ3v) is 8.04. The van der Waals surface area contributed by atoms with Gasteiger partial charge in [0.25, 0.3) is 0 Å². The van der Waals surface area contributed by atoms with Crippen LogP contribution in [0.15, 0.2) is 23.3 Å². The largest absolute Gasteiger partial charge is 0.393 e. The summed E-state index contributed by atoms with van der Waals surface area (Å²) in [7, 11) is 0. The summed E-state index contributed by atoms with van der Waals surface area (Å²) in [6.07, 6.45) is 12.1. The summed E-state index contributed by atoms with van der Waals surface area (Å²) in [5.41, 5.74) is 3.53. The highest BCUT2D eigenvalue weighted by molar-refractivity contribution is 5.79. The maximum atomic E-state index is 12.1. The van der Waals surface area contributed by atoms with Crippen molar-refractivity contribution in [3.8, 4) is 0 Å². The van der Waals surface area contributed by atoms with E-state index in [0.717, 1.165) is 25.7 Å². The molecule has 0 bridgehead atoms. The van der Waals surface area contributed by atoms with Crippen LogP contribution in [0.1, 0.15) is 79.6 Å². The molecule has 2 nitrogen and oxygen atoms in total. The van der Waals surface area contributed by atoms with E-state index in [9.17, 15) is 9.90 Å². The van der Waals surface area contributed by atoms with Gasteiger partial charge in [-0.3, -0.25) is 4.79 Å². The minimum absolute atomic E-state index is 0.147. The van der Waals surface area contributed by atoms with Crippen molar-refractivity contribution < 1.29 is 9.90 Å². The molecular formula is C23H36O2. The normalized spacial score (nSPS) is 45.0. The number of carbonyl (C=O) groups excluding carboxylic acids is 1. The van der Waals surface area contributed by atoms with Crippen molar-refractivity contribution in [2.45, 2.75) is 85.7 Å². The third kappa shape index (κ3) is 2.76. The topological polar surface area (TPSA) is 37.3 Å². The number of hydrogen-bond acceptors (Lipinski definition) is 2. The molecule has 0 aromatic rings. The van der Waals surface area contributed by atoms with Gasteiger partial charge in [-0.25, -0.2) is 0 Å². The summed E-state index contributed by atoms with van der Waals surface area (Å²) >= 11 is 0. The van der Waals surface area contributed by atoms with E-state index in [4.69, 9.17) is 0 Å². The maximum Gasteiger partial charge on any atom is 0.133 e. The van der Waals surface area contributed by atoms with Crippen LogP contribution in [0, 0.1) is 28.6 Å². The zero-order chi connectivity index (χ0) is 18.4. The number of allylic oxidation sites excluding steroid dienone is 3. The van der Waals surface area contributed by atoms with Gasteiger partial charge >= 0.3 is 0 Å². The zero-order valence-corrected chi connectivity index (χ0v) is 16.8. The molecule has 0 saturated heterocycles. The standard InChI is InChI=1S/C21H30O2.C2H6/c1-13(22)17-6-7-18-16-5-4-14-12-15(23)8-10-20(14,2)19(16)9-11-21(17,18)3;1-2/h4-5,15,17-19,23H,6-12H2,1-3H3;1-2H3. The van der Waals surface area contributed by atoms with Gasteiger partial charge in [-0.15, -0.1) is 0 Å². The molecule has 0 aromatic carbocycles. The molecule has 0 heterocycles. The highest BCUT2D eigenvalue weighted by atomic mass is 16.3. The first-order valence-corrected chi connectivity index (χ1v) is 10.5. The lowest BCUT2D eigenvalue weighted by molar-refractivity contribution is -0.124. The summed E-state index contributed by atoms with van der Waals surface area (Å²) < 4.78 is 0. The SMILES string of the molecule is CC.CC(=O)C1CCC2C3=CC=C4CC(O)CCC4(C)C3CCC12C. The van der Waals surface area contributed by atoms with Crippen LogP contribution < -0.4 is 0 Å². The van der Waals surface area contributed by atoms with Gasteiger partial charge in [-0.1, -0.05) is 51.0 Å². The smallest absolute Gasteiger partial charge is 0.133 e. The highest BCUT2D eigenvalue weighted by Gasteiger charge is 2.57. The first-order chi connectivity index (χ1) is 11.9. The van der Waals surface area contributed by atoms with Crippen molar-refractivity contribution in [3.63, 3.8) is 0 Å². The molecule has 6 atom stereocenters. The lowest BCUT2D eigenvalue weighted by Gasteiger charge is -2.54. The fourth-order valence-corrected chi connectivity index (χ4v) is 6.65. The lowest BCUT2D eigenvalue weighted by Crippen LogP contribution is -2.46. The van der Waals surface area contributed by atoms with Crippen molar-refractivity contribution in [2.75, 3.05) is 0 Å². The molecule has 3 fully saturated rings. The maximum absolute atomic E-state index is 12.1. The van der Waals surface area contributed by atoms with E-state index in [0.29, 0.717) is 17.6 Å². The minimum Gasteiger partial charge on any atom is -0.393 e. The van der Waals surface area contributed by atoms with Crippen LogP contribution in [0.5, 0.6) is 0 Å². The molecule has 2 heteroatoms. The Morgan fingerprint density at radius 1 is 1.04 bits per heavy atom.